The Labute approximate surface area is 164 Å². The summed E-state index contributed by atoms with van der Waals surface area (Å²) in [5.41, 5.74) is 2.09. The van der Waals surface area contributed by atoms with Crippen LogP contribution in [0.5, 0.6) is 17.2 Å². The predicted molar refractivity (Wildman–Crippen MR) is 105 cm³/mol. The Morgan fingerprint density at radius 2 is 1.96 bits per heavy atom. The van der Waals surface area contributed by atoms with Gasteiger partial charge in [0.1, 0.15) is 19.0 Å². The Morgan fingerprint density at radius 3 is 2.78 bits per heavy atom. The van der Waals surface area contributed by atoms with Gasteiger partial charge in [-0.25, -0.2) is 0 Å². The quantitative estimate of drug-likeness (QED) is 0.695. The van der Waals surface area contributed by atoms with Gasteiger partial charge in [-0.2, -0.15) is 0 Å². The molecule has 0 spiro atoms. The Bertz CT molecular complexity index is 794. The fourth-order valence-corrected chi connectivity index (χ4v) is 2.93. The normalized spacial score (nSPS) is 12.5. The van der Waals surface area contributed by atoms with Crippen molar-refractivity contribution >= 4 is 17.5 Å². The predicted octanol–water partition coefficient (Wildman–Crippen LogP) is 3.94. The van der Waals surface area contributed by atoms with Crippen molar-refractivity contribution in [3.8, 4) is 17.2 Å². The first kappa shape index (κ1) is 19.4. The molecule has 1 N–H and O–H groups in total. The molecule has 27 heavy (non-hydrogen) atoms. The van der Waals surface area contributed by atoms with Gasteiger partial charge >= 0.3 is 0 Å². The number of fused-ring (bicyclic) bond motifs is 1. The lowest BCUT2D eigenvalue weighted by Crippen LogP contribution is -2.25. The summed E-state index contributed by atoms with van der Waals surface area (Å²) >= 11 is 5.99. The van der Waals surface area contributed by atoms with Crippen molar-refractivity contribution in [2.45, 2.75) is 26.2 Å². The molecule has 144 valence electrons. The lowest BCUT2D eigenvalue weighted by atomic mass is 10.1. The molecule has 0 aliphatic carbocycles. The molecule has 1 heterocycles. The van der Waals surface area contributed by atoms with Gasteiger partial charge in [-0.1, -0.05) is 17.7 Å². The van der Waals surface area contributed by atoms with Crippen LogP contribution in [0, 0.1) is 6.92 Å². The van der Waals surface area contributed by atoms with Crippen molar-refractivity contribution in [2.24, 2.45) is 0 Å². The van der Waals surface area contributed by atoms with Gasteiger partial charge in [0.25, 0.3) is 0 Å². The molecule has 2 aromatic rings. The number of rotatable bonds is 8. The topological polar surface area (TPSA) is 56.8 Å². The molecule has 0 bridgehead atoms. The smallest absolute Gasteiger partial charge is 0.220 e. The van der Waals surface area contributed by atoms with Crippen LogP contribution in [0.15, 0.2) is 36.4 Å². The number of halogens is 1. The molecule has 1 aliphatic heterocycles. The third-order valence-electron chi connectivity index (χ3n) is 4.29. The second kappa shape index (κ2) is 9.51. The molecular formula is C21H24ClNO4. The Hall–Kier alpha value is -2.40. The maximum Gasteiger partial charge on any atom is 0.220 e. The van der Waals surface area contributed by atoms with Crippen LogP contribution in [0.3, 0.4) is 0 Å². The summed E-state index contributed by atoms with van der Waals surface area (Å²) in [6, 6.07) is 11.4. The Balaban J connectivity index is 1.32. The number of hydrogen-bond acceptors (Lipinski definition) is 4. The Kier molecular flexibility index (Phi) is 6.82. The van der Waals surface area contributed by atoms with Gasteiger partial charge in [-0.3, -0.25) is 4.79 Å². The van der Waals surface area contributed by atoms with Crippen molar-refractivity contribution in [2.75, 3.05) is 26.4 Å². The third-order valence-corrected chi connectivity index (χ3v) is 4.71. The minimum atomic E-state index is 0.0310. The minimum Gasteiger partial charge on any atom is -0.494 e. The monoisotopic (exact) mass is 389 g/mol. The zero-order valence-corrected chi connectivity index (χ0v) is 16.2. The molecule has 0 saturated heterocycles. The lowest BCUT2D eigenvalue weighted by Gasteiger charge is -2.18. The number of ether oxygens (including phenoxy) is 3. The first-order chi connectivity index (χ1) is 13.1. The number of benzene rings is 2. The molecule has 0 fully saturated rings. The van der Waals surface area contributed by atoms with E-state index < -0.39 is 0 Å². The molecule has 0 saturated carbocycles. The Morgan fingerprint density at radius 1 is 1.15 bits per heavy atom. The van der Waals surface area contributed by atoms with Crippen molar-refractivity contribution in [3.05, 3.63) is 52.5 Å². The summed E-state index contributed by atoms with van der Waals surface area (Å²) in [6.07, 6.45) is 1.86. The molecular weight excluding hydrogens is 366 g/mol. The zero-order chi connectivity index (χ0) is 19.1. The van der Waals surface area contributed by atoms with E-state index >= 15 is 0 Å². The van der Waals surface area contributed by atoms with E-state index in [1.165, 1.54) is 0 Å². The number of hydrogen-bond donors (Lipinski definition) is 1. The SMILES string of the molecule is Cc1cc(OCCCC(=O)NCCc2ccc3c(c2)OCCO3)ccc1Cl. The summed E-state index contributed by atoms with van der Waals surface area (Å²) in [7, 11) is 0. The van der Waals surface area contributed by atoms with Crippen molar-refractivity contribution in [1.82, 2.24) is 5.32 Å². The van der Waals surface area contributed by atoms with E-state index in [9.17, 15) is 4.79 Å². The van der Waals surface area contributed by atoms with Crippen molar-refractivity contribution in [1.29, 1.82) is 0 Å². The van der Waals surface area contributed by atoms with Gasteiger partial charge in [0.15, 0.2) is 11.5 Å². The fourth-order valence-electron chi connectivity index (χ4n) is 2.81. The highest BCUT2D eigenvalue weighted by Crippen LogP contribution is 2.30. The standard InChI is InChI=1S/C21H24ClNO4/c1-15-13-17(5-6-18(15)22)25-10-2-3-21(24)23-9-8-16-4-7-19-20(14-16)27-12-11-26-19/h4-7,13-14H,2-3,8-12H2,1H3,(H,23,24). The van der Waals surface area contributed by atoms with Gasteiger partial charge in [-0.05, 0) is 61.2 Å². The van der Waals surface area contributed by atoms with Crippen LogP contribution in [-0.2, 0) is 11.2 Å². The van der Waals surface area contributed by atoms with Gasteiger partial charge in [0.2, 0.25) is 5.91 Å². The van der Waals surface area contributed by atoms with Crippen molar-refractivity contribution in [3.63, 3.8) is 0 Å². The lowest BCUT2D eigenvalue weighted by molar-refractivity contribution is -0.121. The van der Waals surface area contributed by atoms with Crippen LogP contribution in [0.1, 0.15) is 24.0 Å². The third kappa shape index (κ3) is 5.79. The summed E-state index contributed by atoms with van der Waals surface area (Å²) in [5, 5.41) is 3.66. The second-order valence-corrected chi connectivity index (χ2v) is 6.85. The van der Waals surface area contributed by atoms with Crippen LogP contribution in [-0.4, -0.2) is 32.3 Å². The molecule has 0 unspecified atom stereocenters. The molecule has 1 aliphatic rings. The summed E-state index contributed by atoms with van der Waals surface area (Å²) in [6.45, 7) is 4.19. The highest BCUT2D eigenvalue weighted by atomic mass is 35.5. The highest BCUT2D eigenvalue weighted by molar-refractivity contribution is 6.31. The average molecular weight is 390 g/mol. The molecule has 0 aromatic heterocycles. The van der Waals surface area contributed by atoms with E-state index in [-0.39, 0.29) is 5.91 Å². The van der Waals surface area contributed by atoms with Crippen LogP contribution in [0.25, 0.3) is 0 Å². The molecule has 0 radical (unpaired) electrons. The van der Waals surface area contributed by atoms with Crippen LogP contribution in [0.2, 0.25) is 5.02 Å². The van der Waals surface area contributed by atoms with Gasteiger partial charge in [0.05, 0.1) is 6.61 Å². The van der Waals surface area contributed by atoms with Crippen LogP contribution < -0.4 is 19.5 Å². The fraction of sp³-hybridized carbons (Fsp3) is 0.381. The zero-order valence-electron chi connectivity index (χ0n) is 15.4. The maximum atomic E-state index is 11.9. The largest absolute Gasteiger partial charge is 0.494 e. The van der Waals surface area contributed by atoms with E-state index in [0.717, 1.165) is 39.8 Å². The van der Waals surface area contributed by atoms with E-state index in [1.54, 1.807) is 0 Å². The summed E-state index contributed by atoms with van der Waals surface area (Å²) in [5.74, 6) is 2.36. The molecule has 6 heteroatoms. The number of carbonyl (C=O) groups is 1. The van der Waals surface area contributed by atoms with E-state index in [2.05, 4.69) is 5.32 Å². The summed E-state index contributed by atoms with van der Waals surface area (Å²) in [4.78, 5) is 11.9. The number of carbonyl (C=O) groups excluding carboxylic acids is 1. The molecule has 3 rings (SSSR count). The van der Waals surface area contributed by atoms with Gasteiger partial charge < -0.3 is 19.5 Å². The molecule has 0 atom stereocenters. The number of amides is 1. The van der Waals surface area contributed by atoms with E-state index in [1.807, 2.05) is 43.3 Å². The summed E-state index contributed by atoms with van der Waals surface area (Å²) < 4.78 is 16.7. The first-order valence-electron chi connectivity index (χ1n) is 9.16. The maximum absolute atomic E-state index is 11.9. The van der Waals surface area contributed by atoms with Gasteiger partial charge in [-0.15, -0.1) is 0 Å². The molecule has 1 amide bonds. The van der Waals surface area contributed by atoms with E-state index in [0.29, 0.717) is 39.2 Å². The first-order valence-corrected chi connectivity index (χ1v) is 9.54. The van der Waals surface area contributed by atoms with Crippen LogP contribution in [0.4, 0.5) is 0 Å². The number of aryl methyl sites for hydroxylation is 1. The van der Waals surface area contributed by atoms with E-state index in [4.69, 9.17) is 25.8 Å². The average Bonchev–Trinajstić information content (AvgIpc) is 2.68. The van der Waals surface area contributed by atoms with Crippen LogP contribution >= 0.6 is 11.6 Å². The van der Waals surface area contributed by atoms with Crippen molar-refractivity contribution < 1.29 is 19.0 Å². The molecule has 5 nitrogen and oxygen atoms in total. The number of nitrogens with one attached hydrogen (secondary N) is 1. The van der Waals surface area contributed by atoms with Gasteiger partial charge in [0, 0.05) is 18.0 Å². The molecule has 2 aromatic carbocycles. The highest BCUT2D eigenvalue weighted by Gasteiger charge is 2.11. The second-order valence-electron chi connectivity index (χ2n) is 6.44. The minimum absolute atomic E-state index is 0.0310.